The molecule has 0 saturated heterocycles. The molecule has 2 aromatic rings. The molecule has 0 aliphatic heterocycles. The molecule has 0 radical (unpaired) electrons. The van der Waals surface area contributed by atoms with Gasteiger partial charge in [0.05, 0.1) is 5.41 Å². The molecule has 0 heterocycles. The lowest BCUT2D eigenvalue weighted by molar-refractivity contribution is -0.148. The van der Waals surface area contributed by atoms with E-state index in [1.807, 2.05) is 24.3 Å². The van der Waals surface area contributed by atoms with Gasteiger partial charge in [-0.2, -0.15) is 0 Å². The Morgan fingerprint density at radius 2 is 1.81 bits per heavy atom. The zero-order valence-corrected chi connectivity index (χ0v) is 12.0. The SMILES string of the molecule is O=C(O)C1(Cc2cc(F)ccc2Cl)Cc2ccccc2C1. The van der Waals surface area contributed by atoms with Crippen LogP contribution in [0.2, 0.25) is 5.02 Å². The molecule has 0 spiro atoms. The minimum absolute atomic E-state index is 0.230. The third-order valence-electron chi connectivity index (χ3n) is 4.17. The Morgan fingerprint density at radius 1 is 1.19 bits per heavy atom. The van der Waals surface area contributed by atoms with Gasteiger partial charge in [-0.3, -0.25) is 4.79 Å². The van der Waals surface area contributed by atoms with E-state index < -0.39 is 17.2 Å². The van der Waals surface area contributed by atoms with Gasteiger partial charge in [0, 0.05) is 5.02 Å². The van der Waals surface area contributed by atoms with Crippen LogP contribution >= 0.6 is 11.6 Å². The van der Waals surface area contributed by atoms with Gasteiger partial charge in [-0.1, -0.05) is 35.9 Å². The van der Waals surface area contributed by atoms with Crippen molar-refractivity contribution in [3.05, 3.63) is 70.0 Å². The van der Waals surface area contributed by atoms with Crippen molar-refractivity contribution in [3.8, 4) is 0 Å². The van der Waals surface area contributed by atoms with Gasteiger partial charge in [-0.05, 0) is 54.2 Å². The molecule has 1 aliphatic rings. The average Bonchev–Trinajstić information content (AvgIpc) is 2.82. The van der Waals surface area contributed by atoms with Crippen LogP contribution in [0.5, 0.6) is 0 Å². The van der Waals surface area contributed by atoms with Gasteiger partial charge in [-0.15, -0.1) is 0 Å². The lowest BCUT2D eigenvalue weighted by Crippen LogP contribution is -2.34. The van der Waals surface area contributed by atoms with Gasteiger partial charge in [0.25, 0.3) is 0 Å². The van der Waals surface area contributed by atoms with E-state index in [4.69, 9.17) is 11.6 Å². The fraction of sp³-hybridized carbons (Fsp3) is 0.235. The monoisotopic (exact) mass is 304 g/mol. The lowest BCUT2D eigenvalue weighted by Gasteiger charge is -2.24. The number of halogens is 2. The summed E-state index contributed by atoms with van der Waals surface area (Å²) in [6, 6.07) is 11.8. The fourth-order valence-electron chi connectivity index (χ4n) is 3.09. The summed E-state index contributed by atoms with van der Waals surface area (Å²) in [4.78, 5) is 11.9. The van der Waals surface area contributed by atoms with Gasteiger partial charge in [-0.25, -0.2) is 4.39 Å². The van der Waals surface area contributed by atoms with Crippen molar-refractivity contribution in [1.29, 1.82) is 0 Å². The molecule has 0 atom stereocenters. The highest BCUT2D eigenvalue weighted by atomic mass is 35.5. The average molecular weight is 305 g/mol. The molecule has 0 amide bonds. The van der Waals surface area contributed by atoms with Gasteiger partial charge in [0.1, 0.15) is 5.82 Å². The Kier molecular flexibility index (Phi) is 3.46. The summed E-state index contributed by atoms with van der Waals surface area (Å²) in [5, 5.41) is 10.1. The van der Waals surface area contributed by atoms with E-state index in [9.17, 15) is 14.3 Å². The van der Waals surface area contributed by atoms with Crippen LogP contribution in [0.25, 0.3) is 0 Å². The molecular weight excluding hydrogens is 291 g/mol. The topological polar surface area (TPSA) is 37.3 Å². The predicted octanol–water partition coefficient (Wildman–Crippen LogP) is 3.89. The van der Waals surface area contributed by atoms with Crippen molar-refractivity contribution >= 4 is 17.6 Å². The number of carboxylic acid groups (broad SMARTS) is 1. The smallest absolute Gasteiger partial charge is 0.310 e. The number of rotatable bonds is 3. The summed E-state index contributed by atoms with van der Waals surface area (Å²) in [6.07, 6.45) is 1.13. The van der Waals surface area contributed by atoms with Crippen molar-refractivity contribution in [1.82, 2.24) is 0 Å². The molecule has 0 bridgehead atoms. The molecular formula is C17H14ClFO2. The number of hydrogen-bond acceptors (Lipinski definition) is 1. The van der Waals surface area contributed by atoms with Crippen LogP contribution in [0.3, 0.4) is 0 Å². The molecule has 21 heavy (non-hydrogen) atoms. The second-order valence-electron chi connectivity index (χ2n) is 5.62. The van der Waals surface area contributed by atoms with E-state index in [0.717, 1.165) is 11.1 Å². The van der Waals surface area contributed by atoms with E-state index in [-0.39, 0.29) is 6.42 Å². The van der Waals surface area contributed by atoms with Crippen molar-refractivity contribution in [2.24, 2.45) is 5.41 Å². The standard InChI is InChI=1S/C17H14ClFO2/c18-15-6-5-14(19)7-13(15)10-17(16(20)21)8-11-3-1-2-4-12(11)9-17/h1-7H,8-10H2,(H,20,21). The fourth-order valence-corrected chi connectivity index (χ4v) is 3.27. The Hall–Kier alpha value is -1.87. The predicted molar refractivity (Wildman–Crippen MR) is 79.0 cm³/mol. The minimum atomic E-state index is -0.943. The molecule has 0 unspecified atom stereocenters. The first-order valence-electron chi connectivity index (χ1n) is 6.74. The molecule has 0 fully saturated rings. The van der Waals surface area contributed by atoms with Gasteiger partial charge >= 0.3 is 5.97 Å². The molecule has 2 aromatic carbocycles. The van der Waals surface area contributed by atoms with Crippen LogP contribution in [-0.4, -0.2) is 11.1 Å². The summed E-state index contributed by atoms with van der Waals surface area (Å²) in [7, 11) is 0. The van der Waals surface area contributed by atoms with Crippen molar-refractivity contribution in [3.63, 3.8) is 0 Å². The zero-order valence-electron chi connectivity index (χ0n) is 11.3. The highest BCUT2D eigenvalue weighted by molar-refractivity contribution is 6.31. The molecule has 0 saturated carbocycles. The normalized spacial score (nSPS) is 15.7. The molecule has 108 valence electrons. The Morgan fingerprint density at radius 3 is 2.38 bits per heavy atom. The maximum absolute atomic E-state index is 13.4. The van der Waals surface area contributed by atoms with Crippen LogP contribution in [0.15, 0.2) is 42.5 Å². The molecule has 2 nitrogen and oxygen atoms in total. The van der Waals surface area contributed by atoms with Crippen LogP contribution in [-0.2, 0) is 24.1 Å². The Balaban J connectivity index is 1.98. The van der Waals surface area contributed by atoms with Crippen LogP contribution in [0.4, 0.5) is 4.39 Å². The highest BCUT2D eigenvalue weighted by Crippen LogP contribution is 2.41. The highest BCUT2D eigenvalue weighted by Gasteiger charge is 2.44. The first kappa shape index (κ1) is 14.1. The molecule has 0 aromatic heterocycles. The zero-order chi connectivity index (χ0) is 15.0. The van der Waals surface area contributed by atoms with E-state index in [1.54, 1.807) is 0 Å². The van der Waals surface area contributed by atoms with Gasteiger partial charge in [0.15, 0.2) is 0 Å². The maximum Gasteiger partial charge on any atom is 0.310 e. The van der Waals surface area contributed by atoms with Gasteiger partial charge in [0.2, 0.25) is 0 Å². The maximum atomic E-state index is 13.4. The quantitative estimate of drug-likeness (QED) is 0.934. The lowest BCUT2D eigenvalue weighted by atomic mass is 9.79. The summed E-state index contributed by atoms with van der Waals surface area (Å²) >= 11 is 6.09. The second-order valence-corrected chi connectivity index (χ2v) is 6.03. The van der Waals surface area contributed by atoms with E-state index in [0.29, 0.717) is 23.4 Å². The summed E-state index contributed by atoms with van der Waals surface area (Å²) in [5.74, 6) is -1.26. The van der Waals surface area contributed by atoms with Crippen molar-refractivity contribution in [2.75, 3.05) is 0 Å². The van der Waals surface area contributed by atoms with Gasteiger partial charge < -0.3 is 5.11 Å². The van der Waals surface area contributed by atoms with Crippen molar-refractivity contribution < 1.29 is 14.3 Å². The molecule has 1 aliphatic carbocycles. The van der Waals surface area contributed by atoms with Crippen molar-refractivity contribution in [2.45, 2.75) is 19.3 Å². The second kappa shape index (κ2) is 5.15. The summed E-state index contributed by atoms with van der Waals surface area (Å²) in [6.45, 7) is 0. The van der Waals surface area contributed by atoms with E-state index in [1.165, 1.54) is 18.2 Å². The first-order chi connectivity index (χ1) is 10.00. The van der Waals surface area contributed by atoms with E-state index in [2.05, 4.69) is 0 Å². The number of hydrogen-bond donors (Lipinski definition) is 1. The number of fused-ring (bicyclic) bond motifs is 1. The largest absolute Gasteiger partial charge is 0.481 e. The number of aliphatic carboxylic acids is 1. The third kappa shape index (κ3) is 2.54. The molecule has 1 N–H and O–H groups in total. The number of carbonyl (C=O) groups is 1. The Bertz CT molecular complexity index is 687. The molecule has 3 rings (SSSR count). The first-order valence-corrected chi connectivity index (χ1v) is 7.12. The van der Waals surface area contributed by atoms with Crippen LogP contribution in [0.1, 0.15) is 16.7 Å². The number of carboxylic acids is 1. The van der Waals surface area contributed by atoms with Crippen LogP contribution < -0.4 is 0 Å². The van der Waals surface area contributed by atoms with E-state index >= 15 is 0 Å². The third-order valence-corrected chi connectivity index (χ3v) is 4.54. The summed E-state index contributed by atoms with van der Waals surface area (Å²) in [5.41, 5.74) is 1.70. The Labute approximate surface area is 127 Å². The molecule has 4 heteroatoms. The van der Waals surface area contributed by atoms with Crippen LogP contribution in [0, 0.1) is 11.2 Å². The minimum Gasteiger partial charge on any atom is -0.481 e. The summed E-state index contributed by atoms with van der Waals surface area (Å²) < 4.78 is 13.4. The number of benzene rings is 2.